The van der Waals surface area contributed by atoms with Crippen LogP contribution in [0.5, 0.6) is 0 Å². The van der Waals surface area contributed by atoms with Crippen LogP contribution in [0.25, 0.3) is 0 Å². The van der Waals surface area contributed by atoms with Gasteiger partial charge in [-0.1, -0.05) is 101 Å². The van der Waals surface area contributed by atoms with Crippen LogP contribution in [0.2, 0.25) is 0 Å². The smallest absolute Gasteiger partial charge is 0.266 e. The van der Waals surface area contributed by atoms with Gasteiger partial charge < -0.3 is 0 Å². The van der Waals surface area contributed by atoms with Crippen LogP contribution in [-0.4, -0.2) is 15.0 Å². The summed E-state index contributed by atoms with van der Waals surface area (Å²) < 4.78 is 30.1. The van der Waals surface area contributed by atoms with Gasteiger partial charge in [0, 0.05) is 3.57 Å². The second-order valence-corrected chi connectivity index (χ2v) is 10.4. The van der Waals surface area contributed by atoms with E-state index in [0.29, 0.717) is 0 Å². The lowest BCUT2D eigenvalue weighted by molar-refractivity contribution is 0.306. The Labute approximate surface area is 197 Å². The van der Waals surface area contributed by atoms with Crippen molar-refractivity contribution in [2.45, 2.75) is 83.0 Å². The van der Waals surface area contributed by atoms with Gasteiger partial charge in [0.1, 0.15) is 0 Å². The fourth-order valence-corrected chi connectivity index (χ4v) is 4.27. The zero-order valence-electron chi connectivity index (χ0n) is 18.5. The maximum Gasteiger partial charge on any atom is 0.296 e. The predicted octanol–water partition coefficient (Wildman–Crippen LogP) is 7.91. The Bertz CT molecular complexity index is 738. The summed E-state index contributed by atoms with van der Waals surface area (Å²) in [5, 5.41) is 0. The molecular formula is C25H37IO3S. The molecule has 0 spiro atoms. The van der Waals surface area contributed by atoms with Gasteiger partial charge in [-0.05, 0) is 60.2 Å². The quantitative estimate of drug-likeness (QED) is 0.146. The van der Waals surface area contributed by atoms with E-state index in [-0.39, 0.29) is 11.5 Å². The first-order chi connectivity index (χ1) is 14.5. The summed E-state index contributed by atoms with van der Waals surface area (Å²) in [6.45, 7) is 4.61. The maximum atomic E-state index is 11.9. The molecule has 0 saturated heterocycles. The van der Waals surface area contributed by atoms with E-state index < -0.39 is 10.1 Å². The highest BCUT2D eigenvalue weighted by atomic mass is 127. The molecule has 0 bridgehead atoms. The lowest BCUT2D eigenvalue weighted by Gasteiger charge is -2.05. The summed E-state index contributed by atoms with van der Waals surface area (Å²) in [4.78, 5) is 0.238. The molecule has 0 atom stereocenters. The van der Waals surface area contributed by atoms with Crippen LogP contribution < -0.4 is 0 Å². The number of hydrogen-bond acceptors (Lipinski definition) is 3. The third-order valence-corrected chi connectivity index (χ3v) is 6.82. The zero-order chi connectivity index (χ0) is 22.1. The van der Waals surface area contributed by atoms with E-state index in [1.807, 2.05) is 0 Å². The van der Waals surface area contributed by atoms with E-state index in [9.17, 15) is 8.42 Å². The highest BCUT2D eigenvalue weighted by molar-refractivity contribution is 14.1. The molecule has 2 aromatic carbocycles. The van der Waals surface area contributed by atoms with Crippen molar-refractivity contribution in [3.05, 3.63) is 63.7 Å². The van der Waals surface area contributed by atoms with Gasteiger partial charge in [-0.2, -0.15) is 8.42 Å². The van der Waals surface area contributed by atoms with Crippen LogP contribution in [0, 0.1) is 10.5 Å². The molecule has 0 aliphatic rings. The summed E-state index contributed by atoms with van der Waals surface area (Å²) in [5.74, 6) is 0. The predicted molar refractivity (Wildman–Crippen MR) is 135 cm³/mol. The number of aryl methyl sites for hydroxylation is 1. The average molecular weight is 545 g/mol. The normalized spacial score (nSPS) is 11.0. The molecule has 5 heteroatoms. The summed E-state index contributed by atoms with van der Waals surface area (Å²) in [5.41, 5.74) is 1.32. The second kappa shape index (κ2) is 16.7. The summed E-state index contributed by atoms with van der Waals surface area (Å²) in [6, 6.07) is 16.8. The van der Waals surface area contributed by atoms with E-state index in [0.717, 1.165) is 12.8 Å². The molecule has 2 aromatic rings. The molecule has 0 fully saturated rings. The standard InChI is InChI=1S/C18H30O3S.C7H7I/c1-2-3-4-5-6-7-8-9-10-14-17-21-22(19,20)18-15-12-11-13-16-18;1-6-2-4-7(8)5-3-6/h11-13,15-16H,2-10,14,17H2,1H3;2-5H,1H3. The van der Waals surface area contributed by atoms with Crippen LogP contribution in [0.15, 0.2) is 59.5 Å². The van der Waals surface area contributed by atoms with Crippen LogP contribution in [-0.2, 0) is 14.3 Å². The van der Waals surface area contributed by atoms with Gasteiger partial charge in [-0.3, -0.25) is 4.18 Å². The van der Waals surface area contributed by atoms with Gasteiger partial charge in [0.25, 0.3) is 10.1 Å². The highest BCUT2D eigenvalue weighted by Crippen LogP contribution is 2.13. The number of benzene rings is 2. The summed E-state index contributed by atoms with van der Waals surface area (Å²) in [7, 11) is -3.57. The third-order valence-electron chi connectivity index (χ3n) is 4.78. The van der Waals surface area contributed by atoms with Crippen molar-refractivity contribution in [2.75, 3.05) is 6.61 Å². The third kappa shape index (κ3) is 13.4. The van der Waals surface area contributed by atoms with Crippen molar-refractivity contribution in [1.29, 1.82) is 0 Å². The Morgan fingerprint density at radius 1 is 0.733 bits per heavy atom. The van der Waals surface area contributed by atoms with Crippen molar-refractivity contribution in [3.63, 3.8) is 0 Å². The summed E-state index contributed by atoms with van der Waals surface area (Å²) in [6.07, 6.45) is 12.3. The maximum absolute atomic E-state index is 11.9. The van der Waals surface area contributed by atoms with Gasteiger partial charge in [-0.15, -0.1) is 0 Å². The Kier molecular flexibility index (Phi) is 15.1. The minimum atomic E-state index is -3.57. The minimum absolute atomic E-state index is 0.238. The number of rotatable bonds is 13. The SMILES string of the molecule is CCCCCCCCCCCCOS(=O)(=O)c1ccccc1.Cc1ccc(I)cc1. The fraction of sp³-hybridized carbons (Fsp3) is 0.520. The largest absolute Gasteiger partial charge is 0.296 e. The molecule has 0 radical (unpaired) electrons. The van der Waals surface area contributed by atoms with E-state index in [1.54, 1.807) is 30.3 Å². The molecule has 0 unspecified atom stereocenters. The molecule has 2 rings (SSSR count). The lowest BCUT2D eigenvalue weighted by atomic mass is 10.1. The van der Waals surface area contributed by atoms with Crippen LogP contribution in [0.4, 0.5) is 0 Å². The van der Waals surface area contributed by atoms with Crippen molar-refractivity contribution in [3.8, 4) is 0 Å². The molecule has 0 aliphatic heterocycles. The number of hydrogen-bond donors (Lipinski definition) is 0. The molecule has 30 heavy (non-hydrogen) atoms. The molecule has 168 valence electrons. The molecular weight excluding hydrogens is 507 g/mol. The van der Waals surface area contributed by atoms with Crippen molar-refractivity contribution in [1.82, 2.24) is 0 Å². The first kappa shape index (κ1) is 27.1. The van der Waals surface area contributed by atoms with E-state index in [2.05, 4.69) is 60.7 Å². The average Bonchev–Trinajstić information content (AvgIpc) is 2.75. The molecule has 0 aliphatic carbocycles. The monoisotopic (exact) mass is 544 g/mol. The van der Waals surface area contributed by atoms with Gasteiger partial charge >= 0.3 is 0 Å². The van der Waals surface area contributed by atoms with Gasteiger partial charge in [0.15, 0.2) is 0 Å². The van der Waals surface area contributed by atoms with Gasteiger partial charge in [0.2, 0.25) is 0 Å². The summed E-state index contributed by atoms with van der Waals surface area (Å²) >= 11 is 2.30. The van der Waals surface area contributed by atoms with E-state index in [1.165, 1.54) is 60.5 Å². The Hall–Kier alpha value is -0.920. The minimum Gasteiger partial charge on any atom is -0.266 e. The van der Waals surface area contributed by atoms with Gasteiger partial charge in [0.05, 0.1) is 11.5 Å². The first-order valence-electron chi connectivity index (χ1n) is 11.1. The molecule has 0 amide bonds. The molecule has 0 N–H and O–H groups in total. The van der Waals surface area contributed by atoms with Gasteiger partial charge in [-0.25, -0.2) is 0 Å². The topological polar surface area (TPSA) is 43.4 Å². The van der Waals surface area contributed by atoms with Crippen LogP contribution in [0.1, 0.15) is 76.7 Å². The van der Waals surface area contributed by atoms with Crippen molar-refractivity contribution < 1.29 is 12.6 Å². The van der Waals surface area contributed by atoms with Crippen molar-refractivity contribution >= 4 is 32.7 Å². The fourth-order valence-electron chi connectivity index (χ4n) is 2.95. The van der Waals surface area contributed by atoms with Crippen LogP contribution >= 0.6 is 22.6 Å². The number of unbranched alkanes of at least 4 members (excludes halogenated alkanes) is 9. The van der Waals surface area contributed by atoms with Crippen molar-refractivity contribution in [2.24, 2.45) is 0 Å². The first-order valence-corrected chi connectivity index (χ1v) is 13.6. The second-order valence-electron chi connectivity index (χ2n) is 7.57. The molecule has 0 heterocycles. The lowest BCUT2D eigenvalue weighted by Crippen LogP contribution is -2.07. The Morgan fingerprint density at radius 2 is 1.23 bits per heavy atom. The highest BCUT2D eigenvalue weighted by Gasteiger charge is 2.13. The molecule has 0 saturated carbocycles. The molecule has 0 aromatic heterocycles. The Morgan fingerprint density at radius 3 is 1.73 bits per heavy atom. The number of halogens is 1. The molecule has 3 nitrogen and oxygen atoms in total. The Balaban J connectivity index is 0.000000467. The van der Waals surface area contributed by atoms with E-state index in [4.69, 9.17) is 4.18 Å². The van der Waals surface area contributed by atoms with Crippen LogP contribution in [0.3, 0.4) is 0 Å². The zero-order valence-corrected chi connectivity index (χ0v) is 21.5. The van der Waals surface area contributed by atoms with E-state index >= 15 is 0 Å².